The van der Waals surface area contributed by atoms with Gasteiger partial charge in [0.05, 0.1) is 5.69 Å². The maximum Gasteiger partial charge on any atom is 0.124 e. The highest BCUT2D eigenvalue weighted by Crippen LogP contribution is 2.20. The summed E-state index contributed by atoms with van der Waals surface area (Å²) in [6, 6.07) is 15.0. The van der Waals surface area contributed by atoms with Gasteiger partial charge in [0, 0.05) is 16.8 Å². The molecule has 2 nitrogen and oxygen atoms in total. The first-order valence-corrected chi connectivity index (χ1v) is 5.12. The molecule has 0 atom stereocenters. The lowest BCUT2D eigenvalue weighted by Gasteiger charge is -1.98. The van der Waals surface area contributed by atoms with Crippen molar-refractivity contribution in [1.29, 1.82) is 0 Å². The smallest absolute Gasteiger partial charge is 0.124 e. The first-order valence-electron chi connectivity index (χ1n) is 4.74. The van der Waals surface area contributed by atoms with Crippen molar-refractivity contribution in [2.45, 2.75) is 0 Å². The molecular formula is C13H9ClNO. The van der Waals surface area contributed by atoms with Gasteiger partial charge in [0.15, 0.2) is 0 Å². The molecule has 0 bridgehead atoms. The van der Waals surface area contributed by atoms with Crippen molar-refractivity contribution in [2.75, 3.05) is 0 Å². The minimum Gasteiger partial charge on any atom is -0.507 e. The molecule has 0 aliphatic carbocycles. The van der Waals surface area contributed by atoms with Crippen LogP contribution in [0.1, 0.15) is 5.56 Å². The van der Waals surface area contributed by atoms with E-state index in [1.807, 2.05) is 12.1 Å². The highest BCUT2D eigenvalue weighted by atomic mass is 35.5. The van der Waals surface area contributed by atoms with E-state index < -0.39 is 0 Å². The monoisotopic (exact) mass is 230 g/mol. The Labute approximate surface area is 98.8 Å². The van der Waals surface area contributed by atoms with Crippen LogP contribution in [0.4, 0.5) is 5.69 Å². The minimum absolute atomic E-state index is 0.160. The minimum atomic E-state index is 0.160. The maximum absolute atomic E-state index is 9.56. The Morgan fingerprint density at radius 3 is 2.94 bits per heavy atom. The third-order valence-electron chi connectivity index (χ3n) is 2.03. The SMILES string of the molecule is Oc1ccc(Cl)cc1C=Nc1c[c]ccc1. The van der Waals surface area contributed by atoms with Crippen molar-refractivity contribution < 1.29 is 5.11 Å². The van der Waals surface area contributed by atoms with Crippen LogP contribution in [0.2, 0.25) is 5.02 Å². The van der Waals surface area contributed by atoms with Crippen molar-refractivity contribution in [3.05, 3.63) is 59.1 Å². The van der Waals surface area contributed by atoms with Crippen molar-refractivity contribution in [2.24, 2.45) is 4.99 Å². The summed E-state index contributed by atoms with van der Waals surface area (Å²) in [5, 5.41) is 10.1. The molecule has 79 valence electrons. The van der Waals surface area contributed by atoms with Gasteiger partial charge < -0.3 is 5.11 Å². The summed E-state index contributed by atoms with van der Waals surface area (Å²) in [5.74, 6) is 0.160. The van der Waals surface area contributed by atoms with E-state index in [2.05, 4.69) is 11.1 Å². The number of aromatic hydroxyl groups is 1. The molecule has 1 radical (unpaired) electrons. The predicted octanol–water partition coefficient (Wildman–Crippen LogP) is 3.60. The molecule has 1 N–H and O–H groups in total. The summed E-state index contributed by atoms with van der Waals surface area (Å²) in [6.45, 7) is 0. The highest BCUT2D eigenvalue weighted by Gasteiger charge is 1.98. The molecule has 0 fully saturated rings. The third kappa shape index (κ3) is 2.61. The fourth-order valence-corrected chi connectivity index (χ4v) is 1.42. The second-order valence-corrected chi connectivity index (χ2v) is 3.66. The second-order valence-electron chi connectivity index (χ2n) is 3.22. The van der Waals surface area contributed by atoms with Crippen LogP contribution in [0.15, 0.2) is 47.5 Å². The van der Waals surface area contributed by atoms with Gasteiger partial charge in [0.2, 0.25) is 0 Å². The maximum atomic E-state index is 9.56. The van der Waals surface area contributed by atoms with E-state index >= 15 is 0 Å². The zero-order valence-corrected chi connectivity index (χ0v) is 9.15. The van der Waals surface area contributed by atoms with Gasteiger partial charge in [-0.3, -0.25) is 4.99 Å². The van der Waals surface area contributed by atoms with Crippen LogP contribution in [0.3, 0.4) is 0 Å². The zero-order valence-electron chi connectivity index (χ0n) is 8.39. The van der Waals surface area contributed by atoms with Gasteiger partial charge in [-0.15, -0.1) is 0 Å². The van der Waals surface area contributed by atoms with E-state index in [1.54, 1.807) is 36.5 Å². The standard InChI is InChI=1S/C13H9ClNO/c14-11-6-7-13(16)10(8-11)9-15-12-4-2-1-3-5-12/h1-2,4-9,16H. The molecule has 3 heteroatoms. The normalized spacial score (nSPS) is 10.8. The topological polar surface area (TPSA) is 32.6 Å². The number of nitrogens with zero attached hydrogens (tertiary/aromatic N) is 1. The van der Waals surface area contributed by atoms with Crippen molar-refractivity contribution in [1.82, 2.24) is 0 Å². The lowest BCUT2D eigenvalue weighted by atomic mass is 10.2. The Kier molecular flexibility index (Phi) is 3.22. The average molecular weight is 231 g/mol. The first-order chi connectivity index (χ1) is 7.75. The molecule has 0 spiro atoms. The van der Waals surface area contributed by atoms with Gasteiger partial charge >= 0.3 is 0 Å². The molecule has 0 saturated carbocycles. The van der Waals surface area contributed by atoms with Gasteiger partial charge in [-0.25, -0.2) is 0 Å². The van der Waals surface area contributed by atoms with Gasteiger partial charge in [-0.05, 0) is 36.4 Å². The molecule has 2 rings (SSSR count). The lowest BCUT2D eigenvalue weighted by molar-refractivity contribution is 0.474. The summed E-state index contributed by atoms with van der Waals surface area (Å²) in [4.78, 5) is 4.20. The number of hydrogen-bond donors (Lipinski definition) is 1. The van der Waals surface area contributed by atoms with Crippen molar-refractivity contribution in [3.8, 4) is 5.75 Å². The van der Waals surface area contributed by atoms with Crippen LogP contribution < -0.4 is 0 Å². The molecule has 2 aromatic carbocycles. The number of rotatable bonds is 2. The molecule has 0 saturated heterocycles. The van der Waals surface area contributed by atoms with Gasteiger partial charge in [-0.1, -0.05) is 23.7 Å². The van der Waals surface area contributed by atoms with Gasteiger partial charge in [0.1, 0.15) is 5.75 Å². The van der Waals surface area contributed by atoms with Crippen LogP contribution in [-0.2, 0) is 0 Å². The predicted molar refractivity (Wildman–Crippen MR) is 65.6 cm³/mol. The van der Waals surface area contributed by atoms with Crippen molar-refractivity contribution >= 4 is 23.5 Å². The molecule has 16 heavy (non-hydrogen) atoms. The molecule has 0 aliphatic heterocycles. The first kappa shape index (κ1) is 10.7. The summed E-state index contributed by atoms with van der Waals surface area (Å²) in [7, 11) is 0. The van der Waals surface area contributed by atoms with Gasteiger partial charge in [0.25, 0.3) is 0 Å². The number of halogens is 1. The average Bonchev–Trinajstić information content (AvgIpc) is 2.32. The van der Waals surface area contributed by atoms with Gasteiger partial charge in [-0.2, -0.15) is 0 Å². The Morgan fingerprint density at radius 1 is 1.31 bits per heavy atom. The Morgan fingerprint density at radius 2 is 2.19 bits per heavy atom. The molecular weight excluding hydrogens is 222 g/mol. The molecule has 0 unspecified atom stereocenters. The zero-order chi connectivity index (χ0) is 11.4. The third-order valence-corrected chi connectivity index (χ3v) is 2.27. The number of benzene rings is 2. The van der Waals surface area contributed by atoms with E-state index in [1.165, 1.54) is 0 Å². The summed E-state index contributed by atoms with van der Waals surface area (Å²) in [6.07, 6.45) is 1.57. The van der Waals surface area contributed by atoms with Crippen LogP contribution in [0.25, 0.3) is 0 Å². The summed E-state index contributed by atoms with van der Waals surface area (Å²) >= 11 is 5.82. The largest absolute Gasteiger partial charge is 0.507 e. The number of phenols is 1. The van der Waals surface area contributed by atoms with Crippen molar-refractivity contribution in [3.63, 3.8) is 0 Å². The fraction of sp³-hybridized carbons (Fsp3) is 0. The highest BCUT2D eigenvalue weighted by molar-refractivity contribution is 6.30. The van der Waals surface area contributed by atoms with E-state index in [9.17, 15) is 5.11 Å². The molecule has 0 aliphatic rings. The molecule has 0 aromatic heterocycles. The van der Waals surface area contributed by atoms with Crippen LogP contribution in [0.5, 0.6) is 5.75 Å². The lowest BCUT2D eigenvalue weighted by Crippen LogP contribution is -1.81. The van der Waals surface area contributed by atoms with E-state index in [0.29, 0.717) is 10.6 Å². The Balaban J connectivity index is 2.27. The number of phenolic OH excluding ortho intramolecular Hbond substituents is 1. The number of aliphatic imine (C=N–C) groups is 1. The van der Waals surface area contributed by atoms with Crippen LogP contribution >= 0.6 is 11.6 Å². The summed E-state index contributed by atoms with van der Waals surface area (Å²) < 4.78 is 0. The Hall–Kier alpha value is -1.80. The summed E-state index contributed by atoms with van der Waals surface area (Å²) in [5.41, 5.74) is 1.37. The quantitative estimate of drug-likeness (QED) is 0.786. The fourth-order valence-electron chi connectivity index (χ4n) is 1.24. The van der Waals surface area contributed by atoms with E-state index in [0.717, 1.165) is 5.69 Å². The number of hydrogen-bond acceptors (Lipinski definition) is 2. The van der Waals surface area contributed by atoms with E-state index in [-0.39, 0.29) is 5.75 Å². The Bertz CT molecular complexity index is 509. The molecule has 2 aromatic rings. The second kappa shape index (κ2) is 4.81. The van der Waals surface area contributed by atoms with Crippen LogP contribution in [0, 0.1) is 6.07 Å². The molecule has 0 heterocycles. The molecule has 0 amide bonds. The van der Waals surface area contributed by atoms with Crippen LogP contribution in [-0.4, -0.2) is 11.3 Å². The van der Waals surface area contributed by atoms with E-state index in [4.69, 9.17) is 11.6 Å².